The standard InChI is InChI=1S/C23H34N2O6.C4H6O2/c1-24-18-14-20(29-12-6-8-21(26)27)19(28-2)13-16(18)15-25-10-5-7-17(25)23(24)31-22-9-3-4-11-30-22;1-2-3-6-4-5/h13-14,17,22-23H,3-12,15H2,1-2H3,(H,26,27);2,4H,1,3H2. The predicted molar refractivity (Wildman–Crippen MR) is 138 cm³/mol. The van der Waals surface area contributed by atoms with Crippen LogP contribution in [0, 0.1) is 0 Å². The number of ether oxygens (including phenoxy) is 5. The molecule has 3 unspecified atom stereocenters. The zero-order valence-corrected chi connectivity index (χ0v) is 21.9. The van der Waals surface area contributed by atoms with Crippen LogP contribution in [-0.4, -0.2) is 81.5 Å². The van der Waals surface area contributed by atoms with Gasteiger partial charge < -0.3 is 33.7 Å². The number of benzene rings is 1. The Balaban J connectivity index is 0.000000568. The van der Waals surface area contributed by atoms with Gasteiger partial charge in [0.1, 0.15) is 12.8 Å². The summed E-state index contributed by atoms with van der Waals surface area (Å²) < 4.78 is 28.1. The number of carboxylic acids is 1. The normalized spacial score (nSPS) is 23.0. The number of nitrogens with zero attached hydrogens (tertiary/aromatic N) is 2. The summed E-state index contributed by atoms with van der Waals surface area (Å²) in [5.74, 6) is 0.490. The first-order valence-electron chi connectivity index (χ1n) is 12.9. The number of carboxylic acid groups (broad SMARTS) is 1. The van der Waals surface area contributed by atoms with E-state index in [-0.39, 0.29) is 18.9 Å². The molecule has 2 saturated heterocycles. The minimum absolute atomic E-state index is 0.0844. The fourth-order valence-corrected chi connectivity index (χ4v) is 4.97. The molecule has 4 rings (SSSR count). The molecule has 10 heteroatoms. The van der Waals surface area contributed by atoms with Gasteiger partial charge in [0.15, 0.2) is 17.8 Å². The molecule has 37 heavy (non-hydrogen) atoms. The summed E-state index contributed by atoms with van der Waals surface area (Å²) in [5, 5.41) is 8.86. The van der Waals surface area contributed by atoms with Gasteiger partial charge in [-0.3, -0.25) is 14.5 Å². The summed E-state index contributed by atoms with van der Waals surface area (Å²) in [6.45, 7) is 7.00. The average molecular weight is 521 g/mol. The lowest BCUT2D eigenvalue weighted by Crippen LogP contribution is -2.49. The van der Waals surface area contributed by atoms with E-state index in [0.717, 1.165) is 51.1 Å². The molecule has 0 saturated carbocycles. The summed E-state index contributed by atoms with van der Waals surface area (Å²) in [5.41, 5.74) is 2.24. The number of hydrogen-bond donors (Lipinski definition) is 1. The Morgan fingerprint density at radius 2 is 2.08 bits per heavy atom. The van der Waals surface area contributed by atoms with Crippen LogP contribution >= 0.6 is 0 Å². The fraction of sp³-hybridized carbons (Fsp3) is 0.630. The third-order valence-electron chi connectivity index (χ3n) is 6.75. The highest BCUT2D eigenvalue weighted by Gasteiger charge is 2.40. The Hall–Kier alpha value is -2.82. The van der Waals surface area contributed by atoms with Crippen LogP contribution in [-0.2, 0) is 30.3 Å². The monoisotopic (exact) mass is 520 g/mol. The van der Waals surface area contributed by atoms with Gasteiger partial charge in [0, 0.05) is 38.4 Å². The minimum Gasteiger partial charge on any atom is -0.493 e. The first kappa shape index (κ1) is 28.7. The van der Waals surface area contributed by atoms with Crippen molar-refractivity contribution in [3.05, 3.63) is 30.4 Å². The number of anilines is 1. The van der Waals surface area contributed by atoms with Crippen LogP contribution in [0.25, 0.3) is 0 Å². The zero-order chi connectivity index (χ0) is 26.6. The third kappa shape index (κ3) is 8.08. The molecule has 0 aromatic heterocycles. The number of methoxy groups -OCH3 is 1. The van der Waals surface area contributed by atoms with Crippen molar-refractivity contribution in [2.75, 3.05) is 45.4 Å². The van der Waals surface area contributed by atoms with Crippen molar-refractivity contribution in [3.63, 3.8) is 0 Å². The van der Waals surface area contributed by atoms with E-state index in [1.165, 1.54) is 18.1 Å². The number of hydrogen-bond acceptors (Lipinski definition) is 9. The number of fused-ring (bicyclic) bond motifs is 2. The Kier molecular flexibility index (Phi) is 11.5. The molecular weight excluding hydrogens is 480 g/mol. The molecule has 3 aliphatic heterocycles. The molecule has 1 aromatic rings. The maximum absolute atomic E-state index is 10.8. The summed E-state index contributed by atoms with van der Waals surface area (Å²) in [6, 6.07) is 4.37. The van der Waals surface area contributed by atoms with Crippen molar-refractivity contribution in [3.8, 4) is 11.5 Å². The predicted octanol–water partition coefficient (Wildman–Crippen LogP) is 3.57. The number of likely N-dealkylation sites (N-methyl/N-ethyl adjacent to an activating group) is 1. The van der Waals surface area contributed by atoms with Crippen molar-refractivity contribution < 1.29 is 38.4 Å². The lowest BCUT2D eigenvalue weighted by atomic mass is 10.1. The largest absolute Gasteiger partial charge is 0.493 e. The van der Waals surface area contributed by atoms with Gasteiger partial charge in [-0.2, -0.15) is 0 Å². The molecule has 0 radical (unpaired) electrons. The van der Waals surface area contributed by atoms with E-state index in [9.17, 15) is 9.59 Å². The minimum atomic E-state index is -0.817. The molecule has 3 aliphatic rings. The first-order valence-corrected chi connectivity index (χ1v) is 12.9. The molecule has 10 nitrogen and oxygen atoms in total. The molecule has 0 spiro atoms. The van der Waals surface area contributed by atoms with Crippen molar-refractivity contribution in [2.24, 2.45) is 0 Å². The molecule has 0 bridgehead atoms. The maximum atomic E-state index is 10.8. The van der Waals surface area contributed by atoms with Crippen LogP contribution < -0.4 is 14.4 Å². The molecule has 2 fully saturated rings. The third-order valence-corrected chi connectivity index (χ3v) is 6.75. The molecule has 1 N–H and O–H groups in total. The van der Waals surface area contributed by atoms with Crippen molar-refractivity contribution in [1.82, 2.24) is 4.90 Å². The second kappa shape index (κ2) is 14.8. The number of carbonyl (C=O) groups excluding carboxylic acids is 1. The average Bonchev–Trinajstić information content (AvgIpc) is 3.33. The van der Waals surface area contributed by atoms with E-state index >= 15 is 0 Å². The maximum Gasteiger partial charge on any atom is 0.303 e. The number of carbonyl (C=O) groups is 2. The SMILES string of the molecule is C=CCOC=O.COc1cc2c(cc1OCCCC(=O)O)N(C)C(OC1CCCCO1)C1CCCN1C2. The summed E-state index contributed by atoms with van der Waals surface area (Å²) in [4.78, 5) is 24.8. The molecule has 1 aromatic carbocycles. The van der Waals surface area contributed by atoms with Gasteiger partial charge in [0.25, 0.3) is 6.47 Å². The van der Waals surface area contributed by atoms with Gasteiger partial charge in [-0.1, -0.05) is 12.7 Å². The number of rotatable bonds is 11. The van der Waals surface area contributed by atoms with Gasteiger partial charge in [0.2, 0.25) is 0 Å². The van der Waals surface area contributed by atoms with Crippen LogP contribution in [0.3, 0.4) is 0 Å². The van der Waals surface area contributed by atoms with Gasteiger partial charge in [-0.15, -0.1) is 0 Å². The highest BCUT2D eigenvalue weighted by molar-refractivity contribution is 5.66. The van der Waals surface area contributed by atoms with Crippen molar-refractivity contribution in [2.45, 2.75) is 70.1 Å². The van der Waals surface area contributed by atoms with Crippen LogP contribution in [0.5, 0.6) is 11.5 Å². The zero-order valence-electron chi connectivity index (χ0n) is 21.9. The second-order valence-electron chi connectivity index (χ2n) is 9.31. The highest BCUT2D eigenvalue weighted by Crippen LogP contribution is 2.41. The molecule has 0 aliphatic carbocycles. The smallest absolute Gasteiger partial charge is 0.303 e. The Morgan fingerprint density at radius 3 is 2.73 bits per heavy atom. The molecular formula is C27H40N2O8. The Morgan fingerprint density at radius 1 is 1.24 bits per heavy atom. The molecule has 0 amide bonds. The van der Waals surface area contributed by atoms with Gasteiger partial charge in [-0.05, 0) is 56.7 Å². The topological polar surface area (TPSA) is 107 Å². The van der Waals surface area contributed by atoms with Crippen LogP contribution in [0.15, 0.2) is 24.8 Å². The summed E-state index contributed by atoms with van der Waals surface area (Å²) in [6.07, 6.45) is 7.23. The van der Waals surface area contributed by atoms with Crippen LogP contribution in [0.2, 0.25) is 0 Å². The van der Waals surface area contributed by atoms with E-state index < -0.39 is 5.97 Å². The quantitative estimate of drug-likeness (QED) is 0.264. The van der Waals surface area contributed by atoms with E-state index in [1.807, 2.05) is 12.1 Å². The van der Waals surface area contributed by atoms with Gasteiger partial charge >= 0.3 is 5.97 Å². The molecule has 3 atom stereocenters. The summed E-state index contributed by atoms with van der Waals surface area (Å²) in [7, 11) is 3.71. The Labute approximate surface area is 219 Å². The highest BCUT2D eigenvalue weighted by atomic mass is 16.7. The first-order chi connectivity index (χ1) is 18.0. The summed E-state index contributed by atoms with van der Waals surface area (Å²) >= 11 is 0. The molecule has 3 heterocycles. The number of aliphatic carboxylic acids is 1. The second-order valence-corrected chi connectivity index (χ2v) is 9.31. The van der Waals surface area contributed by atoms with E-state index in [0.29, 0.717) is 43.6 Å². The van der Waals surface area contributed by atoms with Gasteiger partial charge in [0.05, 0.1) is 19.8 Å². The van der Waals surface area contributed by atoms with E-state index in [1.54, 1.807) is 7.11 Å². The van der Waals surface area contributed by atoms with E-state index in [2.05, 4.69) is 28.2 Å². The lowest BCUT2D eigenvalue weighted by Gasteiger charge is -2.38. The molecule has 206 valence electrons. The Bertz CT molecular complexity index is 881. The van der Waals surface area contributed by atoms with Crippen LogP contribution in [0.1, 0.15) is 50.5 Å². The van der Waals surface area contributed by atoms with Crippen LogP contribution in [0.4, 0.5) is 5.69 Å². The lowest BCUT2D eigenvalue weighted by molar-refractivity contribution is -0.197. The van der Waals surface area contributed by atoms with Crippen molar-refractivity contribution in [1.29, 1.82) is 0 Å². The van der Waals surface area contributed by atoms with Gasteiger partial charge in [-0.25, -0.2) is 0 Å². The van der Waals surface area contributed by atoms with Crippen molar-refractivity contribution >= 4 is 18.1 Å². The van der Waals surface area contributed by atoms with E-state index in [4.69, 9.17) is 24.1 Å². The fourth-order valence-electron chi connectivity index (χ4n) is 4.97.